The van der Waals surface area contributed by atoms with E-state index in [1.165, 1.54) is 0 Å². The second kappa shape index (κ2) is 6.78. The Morgan fingerprint density at radius 3 is 2.41 bits per heavy atom. The minimum absolute atomic E-state index is 0.461. The van der Waals surface area contributed by atoms with Gasteiger partial charge < -0.3 is 0 Å². The van der Waals surface area contributed by atoms with Crippen LogP contribution in [0, 0.1) is 4.77 Å². The zero-order valence-corrected chi connectivity index (χ0v) is 12.6. The van der Waals surface area contributed by atoms with Crippen molar-refractivity contribution in [3.8, 4) is 11.4 Å². The van der Waals surface area contributed by atoms with Crippen molar-refractivity contribution in [2.75, 3.05) is 0 Å². The summed E-state index contributed by atoms with van der Waals surface area (Å²) in [5.41, 5.74) is 2.08. The van der Waals surface area contributed by atoms with Crippen LogP contribution >= 0.6 is 12.2 Å². The van der Waals surface area contributed by atoms with Crippen molar-refractivity contribution in [3.05, 3.63) is 77.1 Å². The van der Waals surface area contributed by atoms with Crippen molar-refractivity contribution < 1.29 is 0 Å². The topological polar surface area (TPSA) is 46.0 Å². The summed E-state index contributed by atoms with van der Waals surface area (Å²) in [6.07, 6.45) is 5.55. The van der Waals surface area contributed by atoms with Crippen LogP contribution in [-0.2, 0) is 0 Å². The maximum absolute atomic E-state index is 5.22. The fraction of sp³-hybridized carbons (Fsp3) is 0. The van der Waals surface area contributed by atoms with E-state index in [4.69, 9.17) is 12.2 Å². The molecule has 3 rings (SSSR count). The smallest absolute Gasteiger partial charge is 0.216 e. The first-order valence-electron chi connectivity index (χ1n) is 6.83. The van der Waals surface area contributed by atoms with Crippen LogP contribution in [0.2, 0.25) is 0 Å². The number of rotatable bonds is 4. The predicted molar refractivity (Wildman–Crippen MR) is 92.2 cm³/mol. The van der Waals surface area contributed by atoms with E-state index in [9.17, 15) is 0 Å². The van der Waals surface area contributed by atoms with Crippen molar-refractivity contribution >= 4 is 24.5 Å². The van der Waals surface area contributed by atoms with Gasteiger partial charge in [0.1, 0.15) is 0 Å². The Kier molecular flexibility index (Phi) is 4.36. The van der Waals surface area contributed by atoms with Gasteiger partial charge >= 0.3 is 0 Å². The molecule has 0 saturated carbocycles. The van der Waals surface area contributed by atoms with Gasteiger partial charge in [0.2, 0.25) is 4.77 Å². The van der Waals surface area contributed by atoms with Crippen LogP contribution in [0.5, 0.6) is 0 Å². The summed E-state index contributed by atoms with van der Waals surface area (Å²) in [6, 6.07) is 19.9. The first-order valence-corrected chi connectivity index (χ1v) is 7.24. The molecule has 3 aromatic rings. The Bertz CT molecular complexity index is 845. The minimum Gasteiger partial charge on any atom is -0.250 e. The summed E-state index contributed by atoms with van der Waals surface area (Å²) in [7, 11) is 0. The monoisotopic (exact) mass is 306 g/mol. The van der Waals surface area contributed by atoms with Gasteiger partial charge in [0, 0.05) is 11.8 Å². The molecule has 1 heterocycles. The molecular formula is C17H14N4S. The summed E-state index contributed by atoms with van der Waals surface area (Å²) in [5.74, 6) is 0.690. The van der Waals surface area contributed by atoms with Crippen LogP contribution in [0.3, 0.4) is 0 Å². The molecule has 0 aliphatic rings. The highest BCUT2D eigenvalue weighted by Crippen LogP contribution is 2.16. The third kappa shape index (κ3) is 3.27. The molecule has 0 bridgehead atoms. The summed E-state index contributed by atoms with van der Waals surface area (Å²) < 4.78 is 2.07. The Labute approximate surface area is 133 Å². The van der Waals surface area contributed by atoms with Crippen molar-refractivity contribution in [2.45, 2.75) is 0 Å². The highest BCUT2D eigenvalue weighted by atomic mass is 32.1. The van der Waals surface area contributed by atoms with Gasteiger partial charge in [-0.15, -0.1) is 0 Å². The number of aromatic nitrogens is 3. The molecule has 108 valence electrons. The number of aromatic amines is 1. The van der Waals surface area contributed by atoms with Gasteiger partial charge in [0.25, 0.3) is 0 Å². The molecule has 2 aromatic carbocycles. The summed E-state index contributed by atoms with van der Waals surface area (Å²) in [6.45, 7) is 0. The van der Waals surface area contributed by atoms with E-state index in [0.29, 0.717) is 10.6 Å². The van der Waals surface area contributed by atoms with E-state index in [1.807, 2.05) is 72.8 Å². The predicted octanol–water partition coefficient (Wildman–Crippen LogP) is 4.15. The Balaban J connectivity index is 1.84. The van der Waals surface area contributed by atoms with Crippen LogP contribution < -0.4 is 0 Å². The van der Waals surface area contributed by atoms with Crippen LogP contribution in [0.25, 0.3) is 17.5 Å². The molecule has 1 N–H and O–H groups in total. The normalized spacial score (nSPS) is 11.5. The van der Waals surface area contributed by atoms with Gasteiger partial charge in [-0.05, 0) is 23.9 Å². The molecule has 0 aliphatic heterocycles. The first-order chi connectivity index (χ1) is 10.8. The van der Waals surface area contributed by atoms with Gasteiger partial charge in [-0.25, -0.2) is 5.10 Å². The van der Waals surface area contributed by atoms with Crippen molar-refractivity contribution in [2.24, 2.45) is 5.10 Å². The maximum Gasteiger partial charge on any atom is 0.216 e. The number of H-pyrrole nitrogens is 1. The second-order valence-electron chi connectivity index (χ2n) is 4.56. The van der Waals surface area contributed by atoms with E-state index in [0.717, 1.165) is 11.1 Å². The lowest BCUT2D eigenvalue weighted by Gasteiger charge is -1.99. The standard InChI is InChI=1S/C17H14N4S/c22-17-20-19-16(15-11-5-2-6-12-15)21(17)18-13-7-10-14-8-3-1-4-9-14/h1-13H,(H,20,22)/b10-7+,18-13-. The van der Waals surface area contributed by atoms with E-state index in [-0.39, 0.29) is 0 Å². The highest BCUT2D eigenvalue weighted by Gasteiger charge is 2.06. The van der Waals surface area contributed by atoms with Crippen LogP contribution in [-0.4, -0.2) is 21.1 Å². The molecule has 22 heavy (non-hydrogen) atoms. The van der Waals surface area contributed by atoms with E-state index < -0.39 is 0 Å². The highest BCUT2D eigenvalue weighted by molar-refractivity contribution is 7.71. The van der Waals surface area contributed by atoms with Gasteiger partial charge in [-0.3, -0.25) is 0 Å². The van der Waals surface area contributed by atoms with Crippen LogP contribution in [0.1, 0.15) is 5.56 Å². The van der Waals surface area contributed by atoms with Gasteiger partial charge in [-0.2, -0.15) is 14.9 Å². The third-order valence-corrected chi connectivity index (χ3v) is 3.30. The zero-order valence-electron chi connectivity index (χ0n) is 11.8. The summed E-state index contributed by atoms with van der Waals surface area (Å²) in [4.78, 5) is 0. The first kappa shape index (κ1) is 14.2. The zero-order chi connectivity index (χ0) is 15.2. The molecule has 0 amide bonds. The SMILES string of the molecule is S=c1[nH]nc(-c2ccccc2)n1/N=C\C=C\c1ccccc1. The lowest BCUT2D eigenvalue weighted by molar-refractivity contribution is 0.872. The third-order valence-electron chi connectivity index (χ3n) is 3.04. The molecule has 0 saturated heterocycles. The summed E-state index contributed by atoms with van der Waals surface area (Å²) >= 11 is 5.22. The molecular weight excluding hydrogens is 292 g/mol. The van der Waals surface area contributed by atoms with Gasteiger partial charge in [0.05, 0.1) is 0 Å². The van der Waals surface area contributed by atoms with E-state index >= 15 is 0 Å². The fourth-order valence-corrected chi connectivity index (χ4v) is 2.18. The average molecular weight is 306 g/mol. The molecule has 5 heteroatoms. The van der Waals surface area contributed by atoms with Crippen molar-refractivity contribution in [3.63, 3.8) is 0 Å². The molecule has 1 aromatic heterocycles. The number of allylic oxidation sites excluding steroid dienone is 1. The molecule has 4 nitrogen and oxygen atoms in total. The van der Waals surface area contributed by atoms with Gasteiger partial charge in [-0.1, -0.05) is 66.7 Å². The molecule has 0 radical (unpaired) electrons. The molecule has 0 spiro atoms. The number of nitrogens with zero attached hydrogens (tertiary/aromatic N) is 3. The lowest BCUT2D eigenvalue weighted by Crippen LogP contribution is -1.93. The minimum atomic E-state index is 0.461. The molecule has 0 atom stereocenters. The second-order valence-corrected chi connectivity index (χ2v) is 4.95. The van der Waals surface area contributed by atoms with E-state index in [1.54, 1.807) is 10.9 Å². The van der Waals surface area contributed by atoms with E-state index in [2.05, 4.69) is 15.3 Å². The van der Waals surface area contributed by atoms with Crippen LogP contribution in [0.4, 0.5) is 0 Å². The molecule has 0 fully saturated rings. The number of nitrogens with one attached hydrogen (secondary N) is 1. The maximum atomic E-state index is 5.22. The largest absolute Gasteiger partial charge is 0.250 e. The number of benzene rings is 2. The Morgan fingerprint density at radius 1 is 1.00 bits per heavy atom. The number of hydrogen-bond acceptors (Lipinski definition) is 3. The Hall–Kier alpha value is -2.79. The van der Waals surface area contributed by atoms with Gasteiger partial charge in [0.15, 0.2) is 5.82 Å². The average Bonchev–Trinajstić information content (AvgIpc) is 2.94. The lowest BCUT2D eigenvalue weighted by atomic mass is 10.2. The Morgan fingerprint density at radius 2 is 1.68 bits per heavy atom. The molecule has 0 aliphatic carbocycles. The molecule has 0 unspecified atom stereocenters. The fourth-order valence-electron chi connectivity index (χ4n) is 2.00. The quantitative estimate of drug-likeness (QED) is 0.581. The van der Waals surface area contributed by atoms with Crippen molar-refractivity contribution in [1.82, 2.24) is 14.9 Å². The summed E-state index contributed by atoms with van der Waals surface area (Å²) in [5, 5.41) is 11.4. The number of hydrogen-bond donors (Lipinski definition) is 1. The van der Waals surface area contributed by atoms with Crippen LogP contribution in [0.15, 0.2) is 71.8 Å². The van der Waals surface area contributed by atoms with Crippen molar-refractivity contribution in [1.29, 1.82) is 0 Å².